The molecule has 132 valence electrons. The topological polar surface area (TPSA) is 92.7 Å². The van der Waals surface area contributed by atoms with Crippen molar-refractivity contribution in [3.8, 4) is 5.75 Å². The second-order valence-corrected chi connectivity index (χ2v) is 7.09. The minimum absolute atomic E-state index is 0.141. The summed E-state index contributed by atoms with van der Waals surface area (Å²) < 4.78 is 5.67. The van der Waals surface area contributed by atoms with Gasteiger partial charge in [-0.15, -0.1) is 0 Å². The number of amides is 1. The molecule has 0 radical (unpaired) electrons. The van der Waals surface area contributed by atoms with Gasteiger partial charge in [0.2, 0.25) is 11.0 Å². The summed E-state index contributed by atoms with van der Waals surface area (Å²) in [5.41, 5.74) is -1.08. The van der Waals surface area contributed by atoms with E-state index >= 15 is 0 Å². The number of aliphatic carboxylic acids is 1. The summed E-state index contributed by atoms with van der Waals surface area (Å²) in [6.07, 6.45) is 0.141. The predicted octanol–water partition coefficient (Wildman–Crippen LogP) is 2.74. The zero-order valence-electron chi connectivity index (χ0n) is 13.7. The van der Waals surface area contributed by atoms with E-state index in [9.17, 15) is 14.4 Å². The van der Waals surface area contributed by atoms with Gasteiger partial charge in [0.25, 0.3) is 0 Å². The van der Waals surface area contributed by atoms with Crippen molar-refractivity contribution in [3.05, 3.63) is 29.3 Å². The van der Waals surface area contributed by atoms with Crippen LogP contribution in [-0.4, -0.2) is 39.5 Å². The van der Waals surface area contributed by atoms with Crippen LogP contribution in [0.3, 0.4) is 0 Å². The number of thioether (sulfide) groups is 1. The van der Waals surface area contributed by atoms with E-state index in [1.54, 1.807) is 38.1 Å². The summed E-state index contributed by atoms with van der Waals surface area (Å²) in [7, 11) is 0. The Morgan fingerprint density at radius 3 is 2.38 bits per heavy atom. The van der Waals surface area contributed by atoms with Crippen LogP contribution < -0.4 is 10.1 Å². The molecule has 0 saturated carbocycles. The van der Waals surface area contributed by atoms with Gasteiger partial charge in [0.15, 0.2) is 5.60 Å². The summed E-state index contributed by atoms with van der Waals surface area (Å²) >= 11 is 6.77. The number of carboxylic acids is 1. The Kier molecular flexibility index (Phi) is 7.57. The van der Waals surface area contributed by atoms with Crippen LogP contribution >= 0.6 is 23.4 Å². The summed E-state index contributed by atoms with van der Waals surface area (Å²) in [6.45, 7) is 4.52. The van der Waals surface area contributed by atoms with Gasteiger partial charge in [-0.1, -0.05) is 23.4 Å². The summed E-state index contributed by atoms with van der Waals surface area (Å²) in [5, 5.41) is 11.7. The largest absolute Gasteiger partial charge is 0.480 e. The molecule has 0 spiro atoms. The van der Waals surface area contributed by atoms with E-state index in [0.717, 1.165) is 11.8 Å². The normalized spacial score (nSPS) is 12.3. The molecule has 24 heavy (non-hydrogen) atoms. The molecule has 1 amide bonds. The smallest absolute Gasteiger partial charge is 0.326 e. The van der Waals surface area contributed by atoms with Crippen LogP contribution in [0.4, 0.5) is 0 Å². The minimum atomic E-state index is -1.13. The van der Waals surface area contributed by atoms with Gasteiger partial charge >= 0.3 is 5.97 Å². The molecule has 0 aliphatic heterocycles. The highest BCUT2D eigenvalue weighted by Gasteiger charge is 2.30. The number of nitrogens with one attached hydrogen (secondary N) is 1. The average Bonchev–Trinajstić information content (AvgIpc) is 2.47. The molecule has 1 atom stereocenters. The number of ether oxygens (including phenoxy) is 1. The highest BCUT2D eigenvalue weighted by Crippen LogP contribution is 2.25. The van der Waals surface area contributed by atoms with Crippen molar-refractivity contribution in [2.75, 3.05) is 5.75 Å². The van der Waals surface area contributed by atoms with E-state index in [0.29, 0.717) is 10.8 Å². The van der Waals surface area contributed by atoms with Crippen LogP contribution in [0.1, 0.15) is 27.2 Å². The Morgan fingerprint density at radius 1 is 1.29 bits per heavy atom. The summed E-state index contributed by atoms with van der Waals surface area (Å²) in [4.78, 5) is 34.3. The van der Waals surface area contributed by atoms with Gasteiger partial charge in [-0.2, -0.15) is 0 Å². The molecule has 1 aromatic rings. The fourth-order valence-corrected chi connectivity index (χ4v) is 2.84. The van der Waals surface area contributed by atoms with Crippen molar-refractivity contribution in [1.82, 2.24) is 5.32 Å². The molecule has 0 fully saturated rings. The number of hydrogen-bond acceptors (Lipinski definition) is 5. The zero-order valence-corrected chi connectivity index (χ0v) is 15.2. The fourth-order valence-electron chi connectivity index (χ4n) is 1.78. The number of halogens is 1. The molecule has 1 rings (SSSR count). The van der Waals surface area contributed by atoms with Crippen LogP contribution in [0, 0.1) is 0 Å². The third kappa shape index (κ3) is 6.80. The first-order valence-electron chi connectivity index (χ1n) is 7.23. The van der Waals surface area contributed by atoms with E-state index in [1.807, 2.05) is 0 Å². The number of rotatable bonds is 8. The number of carbonyl (C=O) groups excluding carboxylic acids is 2. The SMILES string of the molecule is CC(=O)N[C@H](CCSC(=O)C(C)(C)Oc1ccc(Cl)cc1)C(=O)O. The average molecular weight is 374 g/mol. The molecule has 0 aromatic heterocycles. The maximum absolute atomic E-state index is 12.3. The Morgan fingerprint density at radius 2 is 1.88 bits per heavy atom. The molecule has 0 aliphatic carbocycles. The predicted molar refractivity (Wildman–Crippen MR) is 93.5 cm³/mol. The van der Waals surface area contributed by atoms with Crippen molar-refractivity contribution in [2.24, 2.45) is 0 Å². The first kappa shape index (κ1) is 20.3. The Balaban J connectivity index is 2.54. The van der Waals surface area contributed by atoms with Crippen LogP contribution in [-0.2, 0) is 14.4 Å². The van der Waals surface area contributed by atoms with Crippen LogP contribution in [0.5, 0.6) is 5.75 Å². The van der Waals surface area contributed by atoms with Gasteiger partial charge in [-0.25, -0.2) is 4.79 Å². The Labute approximate surface area is 149 Å². The molecule has 0 saturated heterocycles. The van der Waals surface area contributed by atoms with Crippen molar-refractivity contribution in [1.29, 1.82) is 0 Å². The van der Waals surface area contributed by atoms with Gasteiger partial charge < -0.3 is 15.2 Å². The summed E-state index contributed by atoms with van der Waals surface area (Å²) in [6, 6.07) is 5.65. The third-order valence-electron chi connectivity index (χ3n) is 2.99. The molecule has 8 heteroatoms. The maximum atomic E-state index is 12.3. The molecule has 6 nitrogen and oxygen atoms in total. The van der Waals surface area contributed by atoms with Gasteiger partial charge in [-0.05, 0) is 44.5 Å². The molecule has 0 heterocycles. The monoisotopic (exact) mass is 373 g/mol. The fraction of sp³-hybridized carbons (Fsp3) is 0.438. The standard InChI is InChI=1S/C16H20ClNO5S/c1-10(19)18-13(14(20)21)8-9-24-15(22)16(2,3)23-12-6-4-11(17)5-7-12/h4-7,13H,8-9H2,1-3H3,(H,18,19)(H,20,21)/t13-/m1/s1. The van der Waals surface area contributed by atoms with Crippen molar-refractivity contribution >= 4 is 40.4 Å². The van der Waals surface area contributed by atoms with Crippen molar-refractivity contribution < 1.29 is 24.2 Å². The lowest BCUT2D eigenvalue weighted by molar-refractivity contribution is -0.141. The second kappa shape index (κ2) is 8.94. The molecule has 0 bridgehead atoms. The number of carbonyl (C=O) groups is 3. The number of carboxylic acid groups (broad SMARTS) is 1. The van der Waals surface area contributed by atoms with E-state index in [-0.39, 0.29) is 17.3 Å². The second-order valence-electron chi connectivity index (χ2n) is 5.58. The highest BCUT2D eigenvalue weighted by atomic mass is 35.5. The number of hydrogen-bond donors (Lipinski definition) is 2. The van der Waals surface area contributed by atoms with Crippen molar-refractivity contribution in [3.63, 3.8) is 0 Å². The van der Waals surface area contributed by atoms with Gasteiger partial charge in [0, 0.05) is 17.7 Å². The minimum Gasteiger partial charge on any atom is -0.480 e. The molecule has 0 unspecified atom stereocenters. The van der Waals surface area contributed by atoms with E-state index in [4.69, 9.17) is 21.4 Å². The zero-order chi connectivity index (χ0) is 18.3. The summed E-state index contributed by atoms with van der Waals surface area (Å²) in [5.74, 6) is -0.788. The van der Waals surface area contributed by atoms with Crippen LogP contribution in [0.2, 0.25) is 5.02 Å². The molecular formula is C16H20ClNO5S. The maximum Gasteiger partial charge on any atom is 0.326 e. The number of benzene rings is 1. The van der Waals surface area contributed by atoms with Crippen LogP contribution in [0.25, 0.3) is 0 Å². The molecule has 0 aliphatic rings. The van der Waals surface area contributed by atoms with Crippen molar-refractivity contribution in [2.45, 2.75) is 38.8 Å². The third-order valence-corrected chi connectivity index (χ3v) is 4.44. The lowest BCUT2D eigenvalue weighted by Crippen LogP contribution is -2.40. The molecule has 2 N–H and O–H groups in total. The first-order chi connectivity index (χ1) is 11.1. The molecule has 1 aromatic carbocycles. The quantitative estimate of drug-likeness (QED) is 0.727. The lowest BCUT2D eigenvalue weighted by Gasteiger charge is -2.24. The first-order valence-corrected chi connectivity index (χ1v) is 8.60. The van der Waals surface area contributed by atoms with Gasteiger partial charge in [0.05, 0.1) is 0 Å². The van der Waals surface area contributed by atoms with Gasteiger partial charge in [0.1, 0.15) is 11.8 Å². The lowest BCUT2D eigenvalue weighted by atomic mass is 10.1. The van der Waals surface area contributed by atoms with Gasteiger partial charge in [-0.3, -0.25) is 9.59 Å². The Bertz CT molecular complexity index is 603. The van der Waals surface area contributed by atoms with E-state index in [1.165, 1.54) is 6.92 Å². The van der Waals surface area contributed by atoms with E-state index < -0.39 is 23.5 Å². The van der Waals surface area contributed by atoms with E-state index in [2.05, 4.69) is 5.32 Å². The Hall–Kier alpha value is -1.73. The molecular weight excluding hydrogens is 354 g/mol. The van der Waals surface area contributed by atoms with Crippen LogP contribution in [0.15, 0.2) is 24.3 Å². The highest BCUT2D eigenvalue weighted by molar-refractivity contribution is 8.13.